The van der Waals surface area contributed by atoms with Crippen LogP contribution in [0.1, 0.15) is 40.3 Å². The number of nitriles is 1. The van der Waals surface area contributed by atoms with E-state index >= 15 is 0 Å². The zero-order chi connectivity index (χ0) is 23.8. The van der Waals surface area contributed by atoms with Crippen molar-refractivity contribution in [2.75, 3.05) is 12.3 Å². The second-order valence-corrected chi connectivity index (χ2v) is 8.98. The lowest BCUT2D eigenvalue weighted by molar-refractivity contribution is -0.176. The number of nitrogens with two attached hydrogens (primary N) is 1. The van der Waals surface area contributed by atoms with Crippen molar-refractivity contribution in [3.63, 3.8) is 0 Å². The van der Waals surface area contributed by atoms with Crippen LogP contribution in [0.15, 0.2) is 18.5 Å². The number of fused-ring (bicyclic) bond motifs is 1. The minimum atomic E-state index is -1.94. The molecule has 1 fully saturated rings. The molecule has 0 bridgehead atoms. The van der Waals surface area contributed by atoms with Crippen LogP contribution in [-0.4, -0.2) is 56.6 Å². The molecule has 0 amide bonds. The number of carbonyl (C=O) groups is 2. The molecule has 4 atom stereocenters. The SMILES string of the molecule is CC(C)C(=O)O[C@@H]1[C@H](OC(=O)C(C)(C)C)[C@@H](CO)O[C@@]1(C#N)c1ccc2c(N)ncnn12. The van der Waals surface area contributed by atoms with Crippen LogP contribution in [0.5, 0.6) is 0 Å². The van der Waals surface area contributed by atoms with Crippen LogP contribution in [0.2, 0.25) is 0 Å². The van der Waals surface area contributed by atoms with E-state index in [2.05, 4.69) is 16.2 Å². The molecular formula is C21H27N5O6. The van der Waals surface area contributed by atoms with Gasteiger partial charge in [0.2, 0.25) is 5.60 Å². The molecule has 0 aromatic carbocycles. The number of carbonyl (C=O) groups excluding carboxylic acids is 2. The third kappa shape index (κ3) is 3.87. The Balaban J connectivity index is 2.18. The molecule has 32 heavy (non-hydrogen) atoms. The van der Waals surface area contributed by atoms with Gasteiger partial charge in [0.25, 0.3) is 0 Å². The Labute approximate surface area is 185 Å². The van der Waals surface area contributed by atoms with Crippen molar-refractivity contribution in [1.82, 2.24) is 14.6 Å². The molecule has 0 spiro atoms. The van der Waals surface area contributed by atoms with Gasteiger partial charge in [-0.1, -0.05) is 13.8 Å². The molecule has 0 unspecified atom stereocenters. The highest BCUT2D eigenvalue weighted by Crippen LogP contribution is 2.44. The molecule has 0 saturated carbocycles. The topological polar surface area (TPSA) is 162 Å². The van der Waals surface area contributed by atoms with Gasteiger partial charge < -0.3 is 25.1 Å². The molecule has 172 valence electrons. The van der Waals surface area contributed by atoms with Gasteiger partial charge in [0.1, 0.15) is 24.0 Å². The summed E-state index contributed by atoms with van der Waals surface area (Å²) < 4.78 is 18.6. The van der Waals surface area contributed by atoms with Crippen molar-refractivity contribution in [2.24, 2.45) is 11.3 Å². The molecule has 1 aliphatic rings. The zero-order valence-corrected chi connectivity index (χ0v) is 18.6. The summed E-state index contributed by atoms with van der Waals surface area (Å²) in [7, 11) is 0. The maximum absolute atomic E-state index is 12.7. The first-order valence-electron chi connectivity index (χ1n) is 10.2. The molecule has 1 aliphatic heterocycles. The van der Waals surface area contributed by atoms with Crippen LogP contribution in [-0.2, 0) is 29.4 Å². The Kier molecular flexibility index (Phi) is 6.13. The fraction of sp³-hybridized carbons (Fsp3) is 0.571. The van der Waals surface area contributed by atoms with E-state index < -0.39 is 53.8 Å². The van der Waals surface area contributed by atoms with Crippen molar-refractivity contribution in [3.8, 4) is 6.07 Å². The molecule has 3 rings (SSSR count). The van der Waals surface area contributed by atoms with Gasteiger partial charge in [-0.05, 0) is 32.9 Å². The Morgan fingerprint density at radius 3 is 2.62 bits per heavy atom. The number of rotatable bonds is 5. The third-order valence-corrected chi connectivity index (χ3v) is 5.18. The number of esters is 2. The summed E-state index contributed by atoms with van der Waals surface area (Å²) in [6.07, 6.45) is -2.53. The predicted octanol–water partition coefficient (Wildman–Crippen LogP) is 0.947. The molecule has 11 heteroatoms. The van der Waals surface area contributed by atoms with Crippen LogP contribution < -0.4 is 5.73 Å². The van der Waals surface area contributed by atoms with Crippen molar-refractivity contribution in [3.05, 3.63) is 24.2 Å². The summed E-state index contributed by atoms with van der Waals surface area (Å²) >= 11 is 0. The molecule has 0 aliphatic carbocycles. The van der Waals surface area contributed by atoms with Gasteiger partial charge in [-0.25, -0.2) is 9.50 Å². The number of hydrogen-bond acceptors (Lipinski definition) is 10. The largest absolute Gasteiger partial charge is 0.455 e. The van der Waals surface area contributed by atoms with Gasteiger partial charge in [0, 0.05) is 0 Å². The second-order valence-electron chi connectivity index (χ2n) is 8.98. The van der Waals surface area contributed by atoms with E-state index in [1.165, 1.54) is 10.8 Å². The maximum atomic E-state index is 12.7. The number of aromatic nitrogens is 3. The number of ether oxygens (including phenoxy) is 3. The molecular weight excluding hydrogens is 418 g/mol. The normalized spacial score (nSPS) is 25.6. The van der Waals surface area contributed by atoms with Crippen LogP contribution >= 0.6 is 0 Å². The van der Waals surface area contributed by atoms with Crippen LogP contribution in [0.25, 0.3) is 5.52 Å². The average molecular weight is 445 g/mol. The van der Waals surface area contributed by atoms with E-state index in [4.69, 9.17) is 19.9 Å². The quantitative estimate of drug-likeness (QED) is 0.633. The first-order valence-corrected chi connectivity index (χ1v) is 10.2. The second kappa shape index (κ2) is 8.37. The molecule has 11 nitrogen and oxygen atoms in total. The van der Waals surface area contributed by atoms with Crippen molar-refractivity contribution < 1.29 is 28.9 Å². The number of nitrogen functional groups attached to an aromatic ring is 1. The lowest BCUT2D eigenvalue weighted by atomic mass is 9.91. The summed E-state index contributed by atoms with van der Waals surface area (Å²) in [5, 5.41) is 24.4. The monoisotopic (exact) mass is 445 g/mol. The van der Waals surface area contributed by atoms with E-state index in [1.807, 2.05) is 0 Å². The smallest absolute Gasteiger partial charge is 0.311 e. The Bertz CT molecular complexity index is 1070. The maximum Gasteiger partial charge on any atom is 0.311 e. The highest BCUT2D eigenvalue weighted by molar-refractivity contribution is 5.76. The summed E-state index contributed by atoms with van der Waals surface area (Å²) in [5.41, 5.74) is 3.70. The van der Waals surface area contributed by atoms with E-state index in [0.29, 0.717) is 5.52 Å². The van der Waals surface area contributed by atoms with Crippen molar-refractivity contribution >= 4 is 23.3 Å². The number of aliphatic hydroxyl groups excluding tert-OH is 1. The minimum absolute atomic E-state index is 0.169. The molecule has 3 N–H and O–H groups in total. The first kappa shape index (κ1) is 23.4. The van der Waals surface area contributed by atoms with Crippen LogP contribution in [0, 0.1) is 22.7 Å². The highest BCUT2D eigenvalue weighted by Gasteiger charge is 2.62. The molecule has 2 aromatic rings. The van der Waals surface area contributed by atoms with Crippen molar-refractivity contribution in [2.45, 2.75) is 58.5 Å². The summed E-state index contributed by atoms with van der Waals surface area (Å²) in [5.74, 6) is -1.58. The molecule has 0 radical (unpaired) electrons. The van der Waals surface area contributed by atoms with Crippen molar-refractivity contribution in [1.29, 1.82) is 5.26 Å². The number of nitrogens with zero attached hydrogens (tertiary/aromatic N) is 4. The Hall–Kier alpha value is -3.23. The highest BCUT2D eigenvalue weighted by atomic mass is 16.6. The number of hydrogen-bond donors (Lipinski definition) is 2. The third-order valence-electron chi connectivity index (χ3n) is 5.18. The van der Waals surface area contributed by atoms with E-state index in [-0.39, 0.29) is 11.5 Å². The average Bonchev–Trinajstić information content (AvgIpc) is 3.28. The standard InChI is InChI=1S/C21H27N5O6/c1-11(2)18(28)31-16-15(30-19(29)20(3,4)5)13(8-27)32-21(16,9-22)14-7-6-12-17(23)24-10-25-26(12)14/h6-7,10-11,13,15-16,27H,8H2,1-5H3,(H2,23,24,25)/t13-,15-,16-,21+/m1/s1. The number of aliphatic hydroxyl groups is 1. The van der Waals surface area contributed by atoms with Gasteiger partial charge in [0.15, 0.2) is 18.0 Å². The zero-order valence-electron chi connectivity index (χ0n) is 18.6. The first-order chi connectivity index (χ1) is 15.0. The van der Waals surface area contributed by atoms with E-state index in [1.54, 1.807) is 46.8 Å². The molecule has 2 aromatic heterocycles. The Morgan fingerprint density at radius 2 is 2.06 bits per heavy atom. The summed E-state index contributed by atoms with van der Waals surface area (Å²) in [4.78, 5) is 29.2. The summed E-state index contributed by atoms with van der Waals surface area (Å²) in [6, 6.07) is 5.21. The fourth-order valence-corrected chi connectivity index (χ4v) is 3.38. The van der Waals surface area contributed by atoms with Gasteiger partial charge in [-0.2, -0.15) is 10.4 Å². The summed E-state index contributed by atoms with van der Waals surface area (Å²) in [6.45, 7) is 7.66. The van der Waals surface area contributed by atoms with Gasteiger partial charge in [-0.3, -0.25) is 9.59 Å². The lowest BCUT2D eigenvalue weighted by Crippen LogP contribution is -2.47. The molecule has 3 heterocycles. The van der Waals surface area contributed by atoms with Crippen LogP contribution in [0.4, 0.5) is 5.82 Å². The fourth-order valence-electron chi connectivity index (χ4n) is 3.38. The predicted molar refractivity (Wildman–Crippen MR) is 111 cm³/mol. The Morgan fingerprint density at radius 1 is 1.38 bits per heavy atom. The van der Waals surface area contributed by atoms with Crippen LogP contribution in [0.3, 0.4) is 0 Å². The van der Waals surface area contributed by atoms with Gasteiger partial charge >= 0.3 is 11.9 Å². The van der Waals surface area contributed by atoms with E-state index in [0.717, 1.165) is 0 Å². The molecule has 1 saturated heterocycles. The van der Waals surface area contributed by atoms with E-state index in [9.17, 15) is 20.0 Å². The lowest BCUT2D eigenvalue weighted by Gasteiger charge is -2.30. The van der Waals surface area contributed by atoms with Gasteiger partial charge in [0.05, 0.1) is 23.6 Å². The number of anilines is 1. The minimum Gasteiger partial charge on any atom is -0.455 e. The van der Waals surface area contributed by atoms with Gasteiger partial charge in [-0.15, -0.1) is 0 Å².